The molecule has 0 aromatic carbocycles. The minimum atomic E-state index is -1.01. The van der Waals surface area contributed by atoms with Crippen LogP contribution in [0, 0.1) is 0 Å². The Balaban J connectivity index is 2.17. The van der Waals surface area contributed by atoms with Crippen LogP contribution in [0.2, 0.25) is 0 Å². The molecule has 0 aliphatic rings. The topological polar surface area (TPSA) is 109 Å². The van der Waals surface area contributed by atoms with Crippen molar-refractivity contribution in [3.05, 3.63) is 12.4 Å². The minimum absolute atomic E-state index is 0.418. The zero-order valence-corrected chi connectivity index (χ0v) is 10.9. The number of aliphatic carboxylic acids is 1. The third-order valence-electron chi connectivity index (χ3n) is 2.50. The largest absolute Gasteiger partial charge is 0.480 e. The molecule has 1 aromatic rings. The van der Waals surface area contributed by atoms with Crippen LogP contribution in [0.15, 0.2) is 12.4 Å². The van der Waals surface area contributed by atoms with Gasteiger partial charge in [-0.15, -0.1) is 5.10 Å². The van der Waals surface area contributed by atoms with Crippen molar-refractivity contribution in [1.29, 1.82) is 0 Å². The fourth-order valence-electron chi connectivity index (χ4n) is 1.55. The highest BCUT2D eigenvalue weighted by molar-refractivity contribution is 5.82. The monoisotopic (exact) mass is 269 g/mol. The molecule has 19 heavy (non-hydrogen) atoms. The summed E-state index contributed by atoms with van der Waals surface area (Å²) in [6, 6.07) is -1.29. The van der Waals surface area contributed by atoms with Gasteiger partial charge in [-0.3, -0.25) is 4.68 Å². The maximum atomic E-state index is 11.5. The van der Waals surface area contributed by atoms with Crippen LogP contribution >= 0.6 is 0 Å². The van der Waals surface area contributed by atoms with Gasteiger partial charge in [0.05, 0.1) is 6.20 Å². The predicted molar refractivity (Wildman–Crippen MR) is 67.5 cm³/mol. The third-order valence-corrected chi connectivity index (χ3v) is 2.50. The second-order valence-corrected chi connectivity index (χ2v) is 4.10. The number of carboxylic acid groups (broad SMARTS) is 1. The average molecular weight is 269 g/mol. The summed E-state index contributed by atoms with van der Waals surface area (Å²) in [5.74, 6) is -1.01. The van der Waals surface area contributed by atoms with E-state index in [0.717, 1.165) is 0 Å². The van der Waals surface area contributed by atoms with Crippen molar-refractivity contribution >= 4 is 12.0 Å². The Morgan fingerprint density at radius 3 is 2.84 bits per heavy atom. The highest BCUT2D eigenvalue weighted by atomic mass is 16.4. The molecule has 1 rings (SSSR count). The van der Waals surface area contributed by atoms with Crippen molar-refractivity contribution in [2.45, 2.75) is 38.8 Å². The minimum Gasteiger partial charge on any atom is -0.480 e. The molecule has 0 bridgehead atoms. The number of nitrogens with zero attached hydrogens (tertiary/aromatic N) is 3. The molecule has 0 aliphatic heterocycles. The molecular weight excluding hydrogens is 250 g/mol. The van der Waals surface area contributed by atoms with Crippen molar-refractivity contribution in [1.82, 2.24) is 25.6 Å². The number of carbonyl (C=O) groups excluding carboxylic acids is 1. The molecule has 3 N–H and O–H groups in total. The van der Waals surface area contributed by atoms with Crippen LogP contribution < -0.4 is 10.6 Å². The van der Waals surface area contributed by atoms with E-state index in [4.69, 9.17) is 5.11 Å². The first kappa shape index (κ1) is 14.9. The molecule has 8 nitrogen and oxygen atoms in total. The SMILES string of the molecule is CCCC(NC(=O)NCCCn1ccnn1)C(=O)O. The lowest BCUT2D eigenvalue weighted by atomic mass is 10.2. The van der Waals surface area contributed by atoms with Crippen molar-refractivity contribution in [2.24, 2.45) is 0 Å². The molecule has 0 saturated heterocycles. The van der Waals surface area contributed by atoms with Crippen molar-refractivity contribution in [3.8, 4) is 0 Å². The number of carbonyl (C=O) groups is 2. The van der Waals surface area contributed by atoms with Gasteiger partial charge < -0.3 is 15.7 Å². The van der Waals surface area contributed by atoms with E-state index < -0.39 is 18.0 Å². The smallest absolute Gasteiger partial charge is 0.326 e. The summed E-state index contributed by atoms with van der Waals surface area (Å²) in [7, 11) is 0. The number of hydrogen-bond acceptors (Lipinski definition) is 4. The van der Waals surface area contributed by atoms with E-state index in [1.807, 2.05) is 6.92 Å². The number of carboxylic acids is 1. The second-order valence-electron chi connectivity index (χ2n) is 4.10. The van der Waals surface area contributed by atoms with Crippen molar-refractivity contribution < 1.29 is 14.7 Å². The maximum Gasteiger partial charge on any atom is 0.326 e. The van der Waals surface area contributed by atoms with Crippen LogP contribution in [-0.4, -0.2) is 44.7 Å². The molecule has 2 amide bonds. The van der Waals surface area contributed by atoms with Gasteiger partial charge in [0.1, 0.15) is 6.04 Å². The van der Waals surface area contributed by atoms with E-state index in [2.05, 4.69) is 20.9 Å². The Labute approximate surface area is 111 Å². The number of hydrogen-bond donors (Lipinski definition) is 3. The third kappa shape index (κ3) is 5.84. The zero-order chi connectivity index (χ0) is 14.1. The van der Waals surface area contributed by atoms with Gasteiger partial charge in [0, 0.05) is 19.3 Å². The van der Waals surface area contributed by atoms with Crippen molar-refractivity contribution in [3.63, 3.8) is 0 Å². The first-order chi connectivity index (χ1) is 9.13. The molecule has 106 valence electrons. The summed E-state index contributed by atoms with van der Waals surface area (Å²) < 4.78 is 1.66. The lowest BCUT2D eigenvalue weighted by molar-refractivity contribution is -0.139. The van der Waals surface area contributed by atoms with Crippen LogP contribution in [0.3, 0.4) is 0 Å². The Morgan fingerprint density at radius 1 is 1.47 bits per heavy atom. The van der Waals surface area contributed by atoms with Crippen LogP contribution in [0.5, 0.6) is 0 Å². The van der Waals surface area contributed by atoms with Crippen LogP contribution in [0.4, 0.5) is 4.79 Å². The molecule has 0 spiro atoms. The number of urea groups is 1. The number of nitrogens with one attached hydrogen (secondary N) is 2. The van der Waals surface area contributed by atoms with Gasteiger partial charge in [0.25, 0.3) is 0 Å². The van der Waals surface area contributed by atoms with Gasteiger partial charge in [-0.2, -0.15) is 0 Å². The van der Waals surface area contributed by atoms with E-state index in [1.54, 1.807) is 17.1 Å². The molecule has 1 aromatic heterocycles. The summed E-state index contributed by atoms with van der Waals surface area (Å²) >= 11 is 0. The molecule has 8 heteroatoms. The number of aryl methyl sites for hydroxylation is 1. The molecule has 0 fully saturated rings. The predicted octanol–water partition coefficient (Wildman–Crippen LogP) is 0.221. The summed E-state index contributed by atoms with van der Waals surface area (Å²) in [5.41, 5.74) is 0. The zero-order valence-electron chi connectivity index (χ0n) is 10.9. The van der Waals surface area contributed by atoms with Crippen LogP contribution in [-0.2, 0) is 11.3 Å². The summed E-state index contributed by atoms with van der Waals surface area (Å²) in [5, 5.41) is 21.4. The van der Waals surface area contributed by atoms with Gasteiger partial charge in [0.15, 0.2) is 0 Å². The lowest BCUT2D eigenvalue weighted by Crippen LogP contribution is -2.46. The maximum absolute atomic E-state index is 11.5. The quantitative estimate of drug-likeness (QED) is 0.585. The number of amides is 2. The second kappa shape index (κ2) is 8.06. The Morgan fingerprint density at radius 2 is 2.26 bits per heavy atom. The molecule has 1 atom stereocenters. The molecule has 0 aliphatic carbocycles. The van der Waals surface area contributed by atoms with E-state index in [0.29, 0.717) is 32.4 Å². The first-order valence-electron chi connectivity index (χ1n) is 6.24. The normalized spacial score (nSPS) is 11.8. The standard InChI is InChI=1S/C11H19N5O3/c1-2-4-9(10(17)18)14-11(19)12-5-3-7-16-8-6-13-15-16/h6,8-9H,2-5,7H2,1H3,(H,17,18)(H2,12,14,19). The number of aromatic nitrogens is 3. The molecule has 0 radical (unpaired) electrons. The molecule has 1 heterocycles. The fraction of sp³-hybridized carbons (Fsp3) is 0.636. The number of rotatable bonds is 8. The highest BCUT2D eigenvalue weighted by Crippen LogP contribution is 1.96. The van der Waals surface area contributed by atoms with Gasteiger partial charge >= 0.3 is 12.0 Å². The van der Waals surface area contributed by atoms with E-state index in [-0.39, 0.29) is 0 Å². The van der Waals surface area contributed by atoms with E-state index in [9.17, 15) is 9.59 Å². The van der Waals surface area contributed by atoms with Crippen LogP contribution in [0.25, 0.3) is 0 Å². The van der Waals surface area contributed by atoms with Gasteiger partial charge in [-0.05, 0) is 12.8 Å². The summed E-state index contributed by atoms with van der Waals surface area (Å²) in [4.78, 5) is 22.3. The van der Waals surface area contributed by atoms with Crippen molar-refractivity contribution in [2.75, 3.05) is 6.54 Å². The Bertz CT molecular complexity index is 393. The Hall–Kier alpha value is -2.12. The molecule has 0 saturated carbocycles. The summed E-state index contributed by atoms with van der Waals surface area (Å²) in [6.45, 7) is 2.97. The van der Waals surface area contributed by atoms with Gasteiger partial charge in [-0.25, -0.2) is 9.59 Å². The lowest BCUT2D eigenvalue weighted by Gasteiger charge is -2.14. The van der Waals surface area contributed by atoms with Crippen LogP contribution in [0.1, 0.15) is 26.2 Å². The van der Waals surface area contributed by atoms with E-state index in [1.165, 1.54) is 0 Å². The molecule has 1 unspecified atom stereocenters. The average Bonchev–Trinajstić information content (AvgIpc) is 2.87. The van der Waals surface area contributed by atoms with Gasteiger partial charge in [-0.1, -0.05) is 18.6 Å². The Kier molecular flexibility index (Phi) is 6.34. The summed E-state index contributed by atoms with van der Waals surface area (Å²) in [6.07, 6.45) is 5.14. The molecular formula is C11H19N5O3. The van der Waals surface area contributed by atoms with Gasteiger partial charge in [0.2, 0.25) is 0 Å². The van der Waals surface area contributed by atoms with E-state index >= 15 is 0 Å². The first-order valence-corrected chi connectivity index (χ1v) is 6.24. The fourth-order valence-corrected chi connectivity index (χ4v) is 1.55. The highest BCUT2D eigenvalue weighted by Gasteiger charge is 2.18.